The molecule has 0 amide bonds. The van der Waals surface area contributed by atoms with Crippen molar-refractivity contribution in [1.29, 1.82) is 0 Å². The fourth-order valence-electron chi connectivity index (χ4n) is 1.77. The van der Waals surface area contributed by atoms with Crippen molar-refractivity contribution in [1.82, 2.24) is 4.98 Å². The average Bonchev–Trinajstić information content (AvgIpc) is 2.74. The Hall–Kier alpha value is -0.840. The van der Waals surface area contributed by atoms with Crippen LogP contribution in [0.15, 0.2) is 34.5 Å². The Kier molecular flexibility index (Phi) is 4.20. The number of nitrogens with two attached hydrogens (primary N) is 1. The van der Waals surface area contributed by atoms with Gasteiger partial charge in [-0.2, -0.15) is 0 Å². The van der Waals surface area contributed by atoms with E-state index < -0.39 is 0 Å². The van der Waals surface area contributed by atoms with Crippen molar-refractivity contribution in [3.63, 3.8) is 0 Å². The van der Waals surface area contributed by atoms with E-state index in [0.29, 0.717) is 0 Å². The van der Waals surface area contributed by atoms with Crippen LogP contribution in [0.25, 0.3) is 0 Å². The van der Waals surface area contributed by atoms with Crippen LogP contribution in [0.2, 0.25) is 0 Å². The first kappa shape index (κ1) is 12.6. The molecule has 0 aliphatic carbocycles. The molecular formula is C13H16N2S2. The first-order valence-electron chi connectivity index (χ1n) is 5.50. The molecule has 1 aromatic heterocycles. The van der Waals surface area contributed by atoms with Gasteiger partial charge in [-0.05, 0) is 24.8 Å². The molecule has 2 rings (SSSR count). The lowest BCUT2D eigenvalue weighted by atomic mass is 10.1. The fourth-order valence-corrected chi connectivity index (χ4v) is 3.27. The molecule has 1 unspecified atom stereocenters. The molecule has 0 aliphatic heterocycles. The van der Waals surface area contributed by atoms with Gasteiger partial charge in [0.15, 0.2) is 0 Å². The van der Waals surface area contributed by atoms with Crippen LogP contribution < -0.4 is 5.73 Å². The third-order valence-corrected chi connectivity index (χ3v) is 4.40. The van der Waals surface area contributed by atoms with Gasteiger partial charge in [0.05, 0.1) is 5.01 Å². The summed E-state index contributed by atoms with van der Waals surface area (Å²) >= 11 is 3.43. The Morgan fingerprint density at radius 3 is 2.82 bits per heavy atom. The fraction of sp³-hybridized carbons (Fsp3) is 0.308. The second-order valence-electron chi connectivity index (χ2n) is 3.94. The largest absolute Gasteiger partial charge is 0.324 e. The number of aromatic nitrogens is 1. The van der Waals surface area contributed by atoms with Gasteiger partial charge in [-0.1, -0.05) is 18.2 Å². The molecule has 0 spiro atoms. The smallest absolute Gasteiger partial charge is 0.0947 e. The molecule has 2 N–H and O–H groups in total. The number of aryl methyl sites for hydroxylation is 1. The number of hydrogen-bond acceptors (Lipinski definition) is 4. The van der Waals surface area contributed by atoms with E-state index in [1.165, 1.54) is 10.5 Å². The maximum atomic E-state index is 6.27. The van der Waals surface area contributed by atoms with E-state index in [2.05, 4.69) is 34.8 Å². The van der Waals surface area contributed by atoms with Crippen LogP contribution in [0.3, 0.4) is 0 Å². The first-order valence-corrected chi connectivity index (χ1v) is 7.60. The van der Waals surface area contributed by atoms with Crippen molar-refractivity contribution >= 4 is 23.1 Å². The summed E-state index contributed by atoms with van der Waals surface area (Å²) in [6.07, 6.45) is 2.90. The highest BCUT2D eigenvalue weighted by Crippen LogP contribution is 2.27. The highest BCUT2D eigenvalue weighted by atomic mass is 32.2. The summed E-state index contributed by atoms with van der Waals surface area (Å²) in [5, 5.41) is 3.19. The standard InChI is InChI=1S/C13H16N2S2/c1-9-8-17-13(15-9)7-11(14)10-5-3-4-6-12(10)16-2/h3-6,8,11H,7,14H2,1-2H3. The Bertz CT molecular complexity index is 494. The minimum absolute atomic E-state index is 0.0317. The maximum Gasteiger partial charge on any atom is 0.0947 e. The topological polar surface area (TPSA) is 38.9 Å². The van der Waals surface area contributed by atoms with Gasteiger partial charge in [0.25, 0.3) is 0 Å². The van der Waals surface area contributed by atoms with Gasteiger partial charge in [-0.15, -0.1) is 23.1 Å². The zero-order chi connectivity index (χ0) is 12.3. The van der Waals surface area contributed by atoms with Gasteiger partial charge in [0.1, 0.15) is 0 Å². The highest BCUT2D eigenvalue weighted by Gasteiger charge is 2.12. The summed E-state index contributed by atoms with van der Waals surface area (Å²) in [6, 6.07) is 8.35. The third kappa shape index (κ3) is 3.09. The minimum atomic E-state index is 0.0317. The van der Waals surface area contributed by atoms with Gasteiger partial charge in [-0.25, -0.2) is 4.98 Å². The molecule has 0 fully saturated rings. The Balaban J connectivity index is 2.16. The lowest BCUT2D eigenvalue weighted by molar-refractivity contribution is 0.703. The SMILES string of the molecule is CSc1ccccc1C(N)Cc1nc(C)cs1. The van der Waals surface area contributed by atoms with Crippen molar-refractivity contribution < 1.29 is 0 Å². The molecule has 4 heteroatoms. The van der Waals surface area contributed by atoms with Crippen LogP contribution in [-0.2, 0) is 6.42 Å². The molecule has 1 atom stereocenters. The molecule has 0 bridgehead atoms. The van der Waals surface area contributed by atoms with Crippen LogP contribution in [0, 0.1) is 6.92 Å². The van der Waals surface area contributed by atoms with Crippen molar-refractivity contribution in [2.75, 3.05) is 6.26 Å². The lowest BCUT2D eigenvalue weighted by Crippen LogP contribution is -2.14. The van der Waals surface area contributed by atoms with Gasteiger partial charge in [0.2, 0.25) is 0 Å². The van der Waals surface area contributed by atoms with E-state index in [1.807, 2.05) is 13.0 Å². The maximum absolute atomic E-state index is 6.27. The van der Waals surface area contributed by atoms with Crippen LogP contribution >= 0.6 is 23.1 Å². The zero-order valence-electron chi connectivity index (χ0n) is 10.0. The molecule has 2 nitrogen and oxygen atoms in total. The molecule has 0 saturated carbocycles. The highest BCUT2D eigenvalue weighted by molar-refractivity contribution is 7.98. The van der Waals surface area contributed by atoms with Crippen LogP contribution in [0.5, 0.6) is 0 Å². The summed E-state index contributed by atoms with van der Waals surface area (Å²) in [7, 11) is 0. The molecule has 1 heterocycles. The molecule has 2 aromatic rings. The molecule has 17 heavy (non-hydrogen) atoms. The molecule has 0 aliphatic rings. The Morgan fingerprint density at radius 1 is 1.41 bits per heavy atom. The van der Waals surface area contributed by atoms with E-state index in [0.717, 1.165) is 17.1 Å². The number of rotatable bonds is 4. The number of thiazole rings is 1. The van der Waals surface area contributed by atoms with Gasteiger partial charge < -0.3 is 5.73 Å². The summed E-state index contributed by atoms with van der Waals surface area (Å²) in [4.78, 5) is 5.72. The second-order valence-corrected chi connectivity index (χ2v) is 5.73. The second kappa shape index (κ2) is 5.67. The van der Waals surface area contributed by atoms with E-state index >= 15 is 0 Å². The Labute approximate surface area is 110 Å². The quantitative estimate of drug-likeness (QED) is 0.860. The van der Waals surface area contributed by atoms with Crippen molar-refractivity contribution in [3.8, 4) is 0 Å². The minimum Gasteiger partial charge on any atom is -0.324 e. The first-order chi connectivity index (χ1) is 8.20. The molecule has 1 aromatic carbocycles. The lowest BCUT2D eigenvalue weighted by Gasteiger charge is -2.13. The number of nitrogens with zero attached hydrogens (tertiary/aromatic N) is 1. The molecule has 0 radical (unpaired) electrons. The normalized spacial score (nSPS) is 12.6. The predicted octanol–water partition coefficient (Wildman–Crippen LogP) is 3.42. The van der Waals surface area contributed by atoms with Crippen LogP contribution in [0.1, 0.15) is 22.3 Å². The van der Waals surface area contributed by atoms with Crippen molar-refractivity contribution in [2.45, 2.75) is 24.3 Å². The van der Waals surface area contributed by atoms with Gasteiger partial charge in [0, 0.05) is 28.4 Å². The van der Waals surface area contributed by atoms with Crippen LogP contribution in [0.4, 0.5) is 0 Å². The number of benzene rings is 1. The van der Waals surface area contributed by atoms with Crippen LogP contribution in [-0.4, -0.2) is 11.2 Å². The van der Waals surface area contributed by atoms with E-state index in [9.17, 15) is 0 Å². The zero-order valence-corrected chi connectivity index (χ0v) is 11.6. The van der Waals surface area contributed by atoms with E-state index in [-0.39, 0.29) is 6.04 Å². The monoisotopic (exact) mass is 264 g/mol. The number of thioether (sulfide) groups is 1. The Morgan fingerprint density at radius 2 is 2.18 bits per heavy atom. The molecular weight excluding hydrogens is 248 g/mol. The van der Waals surface area contributed by atoms with E-state index in [4.69, 9.17) is 5.73 Å². The van der Waals surface area contributed by atoms with Gasteiger partial charge in [-0.3, -0.25) is 0 Å². The van der Waals surface area contributed by atoms with Crippen molar-refractivity contribution in [3.05, 3.63) is 45.9 Å². The average molecular weight is 264 g/mol. The van der Waals surface area contributed by atoms with E-state index in [1.54, 1.807) is 23.1 Å². The summed E-state index contributed by atoms with van der Waals surface area (Å²) in [5.41, 5.74) is 8.56. The number of hydrogen-bond donors (Lipinski definition) is 1. The summed E-state index contributed by atoms with van der Waals surface area (Å²) < 4.78 is 0. The summed E-state index contributed by atoms with van der Waals surface area (Å²) in [5.74, 6) is 0. The van der Waals surface area contributed by atoms with Gasteiger partial charge >= 0.3 is 0 Å². The molecule has 90 valence electrons. The third-order valence-electron chi connectivity index (χ3n) is 2.60. The summed E-state index contributed by atoms with van der Waals surface area (Å²) in [6.45, 7) is 2.02. The molecule has 0 saturated heterocycles. The predicted molar refractivity (Wildman–Crippen MR) is 75.7 cm³/mol. The van der Waals surface area contributed by atoms with Crippen molar-refractivity contribution in [2.24, 2.45) is 5.73 Å².